The summed E-state index contributed by atoms with van der Waals surface area (Å²) >= 11 is 0. The van der Waals surface area contributed by atoms with Gasteiger partial charge in [0.2, 0.25) is 0 Å². The summed E-state index contributed by atoms with van der Waals surface area (Å²) in [6, 6.07) is 1.46. The standard InChI is InChI=1S/C9H20N2.C8H17NO.C8H17N.C7H15NO.C7H15N.C7H17N.C7H14.C6H15N.C6H12O.C6H14O.C6H14.2C5H12O.C4H10O/c1-9(2)8-11-6-4-10(3)5-7-11;1-8(2)7-9-3-5-10-6-4-9;1-8(2)7-9-5-3-4-6-9;1-7(2)8-3-5-9-6-4-8;1-7(2)8-5-3-4-6-8;1-7(2)5-6-8(3)4;1-6(2)7-4-3-5-7;1-6(2)5-7(3)4;1-5(2)6-3-7-4-6;1-5(2)6(3,4)7;1-5(2)6(3)4;1-5(2)4-6-3;1-4(2)5(3)6;1-4(2)3-5/h9H,4-8H2,1-3H3;8H,3-7H2,1-2H3;8H,3-7H2,1-2H3;7H,3-6H2,1-2H3;7H,3-6H2,1-2H3;7H,5-6H2,1-4H3;6-7H,3-5H2,1-2H3;6H,5H2,1-4H3;5-6H,3-4H2,1-2H3;5,7H,1-4H3;5-6H,1-4H3;5H,4H2,1-3H3;4-6H,1-3H3;4-5H,3H2,1-2H3. The van der Waals surface area contributed by atoms with Crippen LogP contribution in [0.5, 0.6) is 0 Å². The average molecular weight is 1520 g/mol. The first-order chi connectivity index (χ1) is 49.0. The van der Waals surface area contributed by atoms with Crippen LogP contribution in [0.2, 0.25) is 0 Å². The highest BCUT2D eigenvalue weighted by molar-refractivity contribution is 4.74. The second-order valence-electron chi connectivity index (χ2n) is 38.1. The lowest BCUT2D eigenvalue weighted by Gasteiger charge is -2.33. The molecule has 15 heteroatoms. The van der Waals surface area contributed by atoms with Gasteiger partial charge in [0.05, 0.1) is 51.3 Å². The van der Waals surface area contributed by atoms with E-state index in [1.165, 1.54) is 136 Å². The molecule has 1 atom stereocenters. The number of likely N-dealkylation sites (N-methyl/N-ethyl adjacent to an activating group) is 1. The molecular weight excluding hydrogens is 1320 g/mol. The molecule has 0 aromatic heterocycles. The van der Waals surface area contributed by atoms with Crippen molar-refractivity contribution in [3.05, 3.63) is 0 Å². The Balaban J connectivity index is -0.000000200. The Morgan fingerprint density at radius 1 is 0.415 bits per heavy atom. The quantitative estimate of drug-likeness (QED) is 0.101. The third kappa shape index (κ3) is 94.0. The Bertz CT molecular complexity index is 1610. The summed E-state index contributed by atoms with van der Waals surface area (Å²) in [5, 5.41) is 25.9. The van der Waals surface area contributed by atoms with E-state index < -0.39 is 5.60 Å². The van der Waals surface area contributed by atoms with Crippen molar-refractivity contribution >= 4 is 0 Å². The highest BCUT2D eigenvalue weighted by atomic mass is 16.5. The lowest BCUT2D eigenvalue weighted by molar-refractivity contribution is -0.0534. The number of piperazine rings is 1. The second-order valence-corrected chi connectivity index (χ2v) is 38.1. The third-order valence-electron chi connectivity index (χ3n) is 19.6. The third-order valence-corrected chi connectivity index (χ3v) is 19.6. The zero-order valence-corrected chi connectivity index (χ0v) is 79.8. The molecule has 3 N–H and O–H groups in total. The molecule has 0 spiro atoms. The first kappa shape index (κ1) is 119. The van der Waals surface area contributed by atoms with E-state index in [2.05, 4.69) is 241 Å². The van der Waals surface area contributed by atoms with Gasteiger partial charge in [0.1, 0.15) is 0 Å². The Kier molecular flexibility index (Phi) is 86.2. The van der Waals surface area contributed by atoms with Crippen LogP contribution in [0.3, 0.4) is 0 Å². The van der Waals surface area contributed by atoms with E-state index >= 15 is 0 Å². The number of hydrogen-bond acceptors (Lipinski definition) is 15. The van der Waals surface area contributed by atoms with Crippen LogP contribution in [0, 0.1) is 88.8 Å². The van der Waals surface area contributed by atoms with E-state index in [0.717, 1.165) is 144 Å². The van der Waals surface area contributed by atoms with E-state index in [1.807, 2.05) is 55.4 Å². The number of rotatable bonds is 21. The Hall–Kier alpha value is -0.600. The first-order valence-corrected chi connectivity index (χ1v) is 43.9. The molecule has 650 valence electrons. The predicted octanol–water partition coefficient (Wildman–Crippen LogP) is 19.0. The van der Waals surface area contributed by atoms with Crippen LogP contribution >= 0.6 is 0 Å². The molecule has 7 rings (SSSR count). The van der Waals surface area contributed by atoms with Gasteiger partial charge < -0.3 is 63.7 Å². The molecule has 6 aliphatic heterocycles. The number of aliphatic hydroxyl groups is 3. The van der Waals surface area contributed by atoms with E-state index in [-0.39, 0.29) is 6.10 Å². The molecule has 0 amide bonds. The highest BCUT2D eigenvalue weighted by Crippen LogP contribution is 2.32. The summed E-state index contributed by atoms with van der Waals surface area (Å²) in [7, 11) is 12.3. The number of likely N-dealkylation sites (tertiary alicyclic amines) is 2. The minimum atomic E-state index is -0.500. The topological polar surface area (TPSA) is 124 Å². The van der Waals surface area contributed by atoms with Crippen molar-refractivity contribution in [1.82, 2.24) is 39.2 Å². The minimum Gasteiger partial charge on any atom is -0.396 e. The predicted molar refractivity (Wildman–Crippen MR) is 474 cm³/mol. The van der Waals surface area contributed by atoms with Crippen LogP contribution in [0.1, 0.15) is 280 Å². The number of hydrogen-bond donors (Lipinski definition) is 3. The lowest BCUT2D eigenvalue weighted by atomic mass is 9.78. The zero-order chi connectivity index (χ0) is 83.7. The van der Waals surface area contributed by atoms with Gasteiger partial charge in [-0.25, -0.2) is 0 Å². The monoisotopic (exact) mass is 1520 g/mol. The van der Waals surface area contributed by atoms with Gasteiger partial charge in [0.15, 0.2) is 0 Å². The molecule has 0 aromatic rings. The Labute approximate surface area is 669 Å². The fraction of sp³-hybridized carbons (Fsp3) is 1.00. The maximum atomic E-state index is 9.09. The van der Waals surface area contributed by atoms with Gasteiger partial charge in [-0.15, -0.1) is 0 Å². The summed E-state index contributed by atoms with van der Waals surface area (Å²) in [6.07, 6.45) is 11.3. The van der Waals surface area contributed by atoms with Gasteiger partial charge in [0.25, 0.3) is 0 Å². The first-order valence-electron chi connectivity index (χ1n) is 43.9. The maximum absolute atomic E-state index is 9.09. The molecular formula is C91H204N8O7. The summed E-state index contributed by atoms with van der Waals surface area (Å²) in [5.74, 6) is 11.4. The van der Waals surface area contributed by atoms with Gasteiger partial charge >= 0.3 is 0 Å². The molecule has 106 heavy (non-hydrogen) atoms. The van der Waals surface area contributed by atoms with Crippen LogP contribution in [0.15, 0.2) is 0 Å². The van der Waals surface area contributed by atoms with Crippen molar-refractivity contribution in [1.29, 1.82) is 0 Å². The van der Waals surface area contributed by atoms with Crippen molar-refractivity contribution in [2.45, 2.75) is 304 Å². The minimum absolute atomic E-state index is 0.148. The van der Waals surface area contributed by atoms with Crippen LogP contribution in [0.4, 0.5) is 0 Å². The van der Waals surface area contributed by atoms with Gasteiger partial charge in [-0.3, -0.25) is 9.80 Å². The van der Waals surface area contributed by atoms with Crippen molar-refractivity contribution in [2.75, 3.05) is 206 Å². The second kappa shape index (κ2) is 77.0. The van der Waals surface area contributed by atoms with Crippen LogP contribution in [-0.2, 0) is 18.9 Å². The smallest absolute Gasteiger partial charge is 0.0614 e. The largest absolute Gasteiger partial charge is 0.396 e. The average Bonchev–Trinajstić information content (AvgIpc) is 1.45. The number of nitrogens with zero attached hydrogens (tertiary/aromatic N) is 8. The number of morpholine rings is 2. The molecule has 0 aromatic carbocycles. The zero-order valence-electron chi connectivity index (χ0n) is 79.8. The van der Waals surface area contributed by atoms with Gasteiger partial charge in [-0.2, -0.15) is 0 Å². The molecule has 1 aliphatic carbocycles. The highest BCUT2D eigenvalue weighted by Gasteiger charge is 2.22. The number of ether oxygens (including phenoxy) is 4. The number of methoxy groups -OCH3 is 1. The molecule has 0 radical (unpaired) electrons. The van der Waals surface area contributed by atoms with E-state index in [1.54, 1.807) is 14.0 Å². The van der Waals surface area contributed by atoms with Crippen molar-refractivity contribution < 1.29 is 34.3 Å². The van der Waals surface area contributed by atoms with Crippen molar-refractivity contribution in [2.24, 2.45) is 88.8 Å². The molecule has 6 heterocycles. The Morgan fingerprint density at radius 3 is 0.915 bits per heavy atom. The fourth-order valence-electron chi connectivity index (χ4n) is 10.0. The molecule has 1 saturated carbocycles. The van der Waals surface area contributed by atoms with Crippen molar-refractivity contribution in [3.8, 4) is 0 Å². The van der Waals surface area contributed by atoms with Crippen LogP contribution in [0.25, 0.3) is 0 Å². The van der Waals surface area contributed by atoms with E-state index in [9.17, 15) is 0 Å². The fourth-order valence-corrected chi connectivity index (χ4v) is 10.0. The molecule has 15 nitrogen and oxygen atoms in total. The van der Waals surface area contributed by atoms with E-state index in [0.29, 0.717) is 36.3 Å². The lowest BCUT2D eigenvalue weighted by Crippen LogP contribution is -2.45. The van der Waals surface area contributed by atoms with E-state index in [4.69, 9.17) is 34.3 Å². The van der Waals surface area contributed by atoms with Gasteiger partial charge in [-0.1, -0.05) is 199 Å². The summed E-state index contributed by atoms with van der Waals surface area (Å²) in [6.45, 7) is 99.2. The van der Waals surface area contributed by atoms with Gasteiger partial charge in [0, 0.05) is 110 Å². The molecule has 7 fully saturated rings. The summed E-state index contributed by atoms with van der Waals surface area (Å²) in [4.78, 5) is 19.4. The molecule has 7 aliphatic rings. The molecule has 0 bridgehead atoms. The van der Waals surface area contributed by atoms with Gasteiger partial charge in [-0.05, 0) is 238 Å². The van der Waals surface area contributed by atoms with Crippen molar-refractivity contribution in [3.63, 3.8) is 0 Å². The maximum Gasteiger partial charge on any atom is 0.0614 e. The Morgan fingerprint density at radius 2 is 0.755 bits per heavy atom. The molecule has 6 saturated heterocycles. The normalized spacial score (nSPS) is 17.9. The van der Waals surface area contributed by atoms with Crippen LogP contribution < -0.4 is 0 Å². The SMILES string of the molecule is CC(C)C(C)(C)O.CC(C)C(C)C.CC(C)C(C)O.CC(C)C1CCC1.CC(C)C1COC1.CC(C)CCN(C)C.CC(C)CN(C)C.CC(C)CN1CCCC1.CC(C)CN1CCN(C)CC1.CC(C)CN1CCOCC1.CC(C)CO.CC(C)N1CCCC1.CC(C)N1CCOCC1.COCC(C)C. The number of aliphatic hydroxyl groups excluding tert-OH is 2. The summed E-state index contributed by atoms with van der Waals surface area (Å²) in [5.41, 5.74) is -0.500. The van der Waals surface area contributed by atoms with Crippen LogP contribution in [-0.4, -0.2) is 285 Å². The summed E-state index contributed by atoms with van der Waals surface area (Å²) < 4.78 is 20.2. The molecule has 1 unspecified atom stereocenters.